The van der Waals surface area contributed by atoms with E-state index in [1.165, 1.54) is 6.20 Å². The van der Waals surface area contributed by atoms with E-state index in [2.05, 4.69) is 15.6 Å². The molecule has 0 radical (unpaired) electrons. The van der Waals surface area contributed by atoms with Crippen molar-refractivity contribution < 1.29 is 4.92 Å². The van der Waals surface area contributed by atoms with Crippen LogP contribution in [0.15, 0.2) is 47.2 Å². The van der Waals surface area contributed by atoms with E-state index in [4.69, 9.17) is 11.5 Å². The van der Waals surface area contributed by atoms with Crippen molar-refractivity contribution in [2.45, 2.75) is 57.2 Å². The average Bonchev–Trinajstić information content (AvgIpc) is 2.68. The Morgan fingerprint density at radius 2 is 1.86 bits per heavy atom. The quantitative estimate of drug-likeness (QED) is 0.428. The fraction of sp³-hybridized carbons (Fsp3) is 0.571. The Balaban J connectivity index is 1.78. The highest BCUT2D eigenvalue weighted by Crippen LogP contribution is 2.36. The van der Waals surface area contributed by atoms with E-state index >= 15 is 0 Å². The summed E-state index contributed by atoms with van der Waals surface area (Å²) in [6, 6.07) is 9.97. The van der Waals surface area contributed by atoms with Crippen LogP contribution < -0.4 is 22.1 Å². The molecule has 158 valence electrons. The van der Waals surface area contributed by atoms with E-state index in [0.29, 0.717) is 30.8 Å². The van der Waals surface area contributed by atoms with Gasteiger partial charge in [-0.2, -0.15) is 0 Å². The van der Waals surface area contributed by atoms with Gasteiger partial charge >= 0.3 is 5.70 Å². The van der Waals surface area contributed by atoms with Crippen LogP contribution in [-0.4, -0.2) is 23.1 Å². The van der Waals surface area contributed by atoms with E-state index in [-0.39, 0.29) is 5.70 Å². The van der Waals surface area contributed by atoms with Crippen LogP contribution in [-0.2, 0) is 5.54 Å². The van der Waals surface area contributed by atoms with Crippen molar-refractivity contribution in [1.82, 2.24) is 10.6 Å². The zero-order valence-electron chi connectivity index (χ0n) is 17.2. The van der Waals surface area contributed by atoms with E-state index in [0.717, 1.165) is 31.2 Å². The first-order valence-corrected chi connectivity index (χ1v) is 10.3. The van der Waals surface area contributed by atoms with Crippen molar-refractivity contribution in [3.8, 4) is 0 Å². The van der Waals surface area contributed by atoms with Crippen LogP contribution in [0.25, 0.3) is 0 Å². The summed E-state index contributed by atoms with van der Waals surface area (Å²) < 4.78 is 0. The zero-order chi connectivity index (χ0) is 21.1. The van der Waals surface area contributed by atoms with Crippen molar-refractivity contribution in [2.75, 3.05) is 6.54 Å². The van der Waals surface area contributed by atoms with Gasteiger partial charge in [-0.15, -0.1) is 0 Å². The van der Waals surface area contributed by atoms with E-state index < -0.39 is 16.1 Å². The summed E-state index contributed by atoms with van der Waals surface area (Å²) in [6.45, 7) is 4.77. The van der Waals surface area contributed by atoms with Crippen LogP contribution in [0.3, 0.4) is 0 Å². The highest BCUT2D eigenvalue weighted by Gasteiger charge is 2.44. The van der Waals surface area contributed by atoms with Crippen molar-refractivity contribution in [2.24, 2.45) is 28.3 Å². The second kappa shape index (κ2) is 8.51. The van der Waals surface area contributed by atoms with Gasteiger partial charge in [-0.05, 0) is 69.9 Å². The smallest absolute Gasteiger partial charge is 0.303 e. The molecule has 1 aliphatic heterocycles. The van der Waals surface area contributed by atoms with Crippen molar-refractivity contribution in [3.63, 3.8) is 0 Å². The summed E-state index contributed by atoms with van der Waals surface area (Å²) in [5.41, 5.74) is 11.5. The summed E-state index contributed by atoms with van der Waals surface area (Å²) in [5, 5.41) is 17.9. The molecule has 0 amide bonds. The fourth-order valence-corrected chi connectivity index (χ4v) is 4.31. The lowest BCUT2D eigenvalue weighted by atomic mass is 9.77. The number of nitrogens with zero attached hydrogens (tertiary/aromatic N) is 2. The van der Waals surface area contributed by atoms with Gasteiger partial charge < -0.3 is 16.4 Å². The molecule has 1 fully saturated rings. The molecular weight excluding hydrogens is 368 g/mol. The maximum absolute atomic E-state index is 11.6. The first-order chi connectivity index (χ1) is 13.7. The molecule has 1 heterocycles. The number of rotatable bonds is 6. The number of nitrogens with two attached hydrogens (primary N) is 2. The van der Waals surface area contributed by atoms with E-state index in [1.54, 1.807) is 0 Å². The molecule has 8 nitrogen and oxygen atoms in total. The number of hydrogen-bond acceptors (Lipinski definition) is 7. The maximum atomic E-state index is 11.6. The molecule has 1 saturated carbocycles. The highest BCUT2D eigenvalue weighted by molar-refractivity contribution is 5.83. The van der Waals surface area contributed by atoms with Gasteiger partial charge in [0, 0.05) is 0 Å². The summed E-state index contributed by atoms with van der Waals surface area (Å²) in [6.07, 6.45) is 5.88. The van der Waals surface area contributed by atoms with Crippen LogP contribution in [0.4, 0.5) is 0 Å². The Labute approximate surface area is 172 Å². The molecule has 1 aromatic carbocycles. The van der Waals surface area contributed by atoms with Gasteiger partial charge in [0.1, 0.15) is 0 Å². The number of nitrogens with one attached hydrogen (secondary N) is 2. The fourth-order valence-electron chi connectivity index (χ4n) is 4.31. The second-order valence-electron chi connectivity index (χ2n) is 8.76. The third kappa shape index (κ3) is 4.94. The molecule has 1 atom stereocenters. The summed E-state index contributed by atoms with van der Waals surface area (Å²) in [4.78, 5) is 15.8. The number of aliphatic imine (C=N–C) groups is 1. The molecule has 8 heteroatoms. The van der Waals surface area contributed by atoms with Crippen molar-refractivity contribution >= 4 is 5.96 Å². The second-order valence-corrected chi connectivity index (χ2v) is 8.76. The molecule has 6 N–H and O–H groups in total. The van der Waals surface area contributed by atoms with Gasteiger partial charge in [0.15, 0.2) is 5.96 Å². The van der Waals surface area contributed by atoms with Gasteiger partial charge in [-0.3, -0.25) is 15.8 Å². The molecule has 0 saturated heterocycles. The summed E-state index contributed by atoms with van der Waals surface area (Å²) in [7, 11) is 0. The van der Waals surface area contributed by atoms with E-state index in [9.17, 15) is 10.1 Å². The summed E-state index contributed by atoms with van der Waals surface area (Å²) in [5.74, 6) is 1.30. The molecule has 0 aromatic heterocycles. The molecule has 3 rings (SSSR count). The third-order valence-electron chi connectivity index (χ3n) is 6.12. The summed E-state index contributed by atoms with van der Waals surface area (Å²) >= 11 is 0. The lowest BCUT2D eigenvalue weighted by molar-refractivity contribution is -0.436. The number of benzene rings is 1. The van der Waals surface area contributed by atoms with Crippen LogP contribution in [0.1, 0.15) is 51.5 Å². The Bertz CT molecular complexity index is 784. The van der Waals surface area contributed by atoms with Gasteiger partial charge in [0.05, 0.1) is 16.7 Å². The maximum Gasteiger partial charge on any atom is 0.303 e. The molecule has 29 heavy (non-hydrogen) atoms. The monoisotopic (exact) mass is 400 g/mol. The first kappa shape index (κ1) is 21.3. The average molecular weight is 401 g/mol. The Kier molecular flexibility index (Phi) is 6.24. The van der Waals surface area contributed by atoms with Gasteiger partial charge in [0.2, 0.25) is 5.66 Å². The van der Waals surface area contributed by atoms with Crippen LogP contribution >= 0.6 is 0 Å². The molecular formula is C21H32N6O2. The molecule has 2 aliphatic rings. The predicted octanol–water partition coefficient (Wildman–Crippen LogP) is 2.40. The molecule has 0 spiro atoms. The van der Waals surface area contributed by atoms with Crippen LogP contribution in [0.5, 0.6) is 0 Å². The Morgan fingerprint density at radius 3 is 2.45 bits per heavy atom. The number of nitro groups is 1. The minimum atomic E-state index is -1.36. The van der Waals surface area contributed by atoms with Gasteiger partial charge in [-0.1, -0.05) is 30.3 Å². The molecule has 1 unspecified atom stereocenters. The lowest BCUT2D eigenvalue weighted by Gasteiger charge is -2.35. The highest BCUT2D eigenvalue weighted by atomic mass is 16.6. The van der Waals surface area contributed by atoms with Crippen molar-refractivity contribution in [1.29, 1.82) is 0 Å². The first-order valence-electron chi connectivity index (χ1n) is 10.3. The molecule has 1 aromatic rings. The normalized spacial score (nSPS) is 27.4. The van der Waals surface area contributed by atoms with Gasteiger partial charge in [-0.25, -0.2) is 4.99 Å². The Hall–Kier alpha value is -2.45. The van der Waals surface area contributed by atoms with Gasteiger partial charge in [0.25, 0.3) is 0 Å². The zero-order valence-corrected chi connectivity index (χ0v) is 17.2. The van der Waals surface area contributed by atoms with Crippen molar-refractivity contribution in [3.05, 3.63) is 57.9 Å². The SMILES string of the molecule is CC(C)(NC1=NC(N)(CC2CCC(CN)CC2)C([N+](=O)[O-])=CN1)c1ccccc1. The van der Waals surface area contributed by atoms with Crippen LogP contribution in [0, 0.1) is 22.0 Å². The number of hydrogen-bond donors (Lipinski definition) is 4. The third-order valence-corrected chi connectivity index (χ3v) is 6.12. The molecule has 0 bridgehead atoms. The lowest BCUT2D eigenvalue weighted by Crippen LogP contribution is -2.55. The minimum absolute atomic E-state index is 0.0958. The van der Waals surface area contributed by atoms with E-state index in [1.807, 2.05) is 44.2 Å². The largest absolute Gasteiger partial charge is 0.347 e. The number of guanidine groups is 1. The standard InChI is InChI=1S/C21H32N6O2/c1-20(2,17-6-4-3-5-7-17)25-19-24-14-18(27(28)29)21(23,26-19)12-15-8-10-16(13-22)11-9-15/h3-7,14-16H,8-13,22-23H2,1-2H3,(H2,24,25,26). The molecule has 1 aliphatic carbocycles. The Morgan fingerprint density at radius 1 is 1.24 bits per heavy atom. The van der Waals surface area contributed by atoms with Crippen LogP contribution in [0.2, 0.25) is 0 Å². The minimum Gasteiger partial charge on any atom is -0.347 e. The predicted molar refractivity (Wildman–Crippen MR) is 114 cm³/mol. The topological polar surface area (TPSA) is 132 Å².